The van der Waals surface area contributed by atoms with Gasteiger partial charge < -0.3 is 0 Å². The van der Waals surface area contributed by atoms with Gasteiger partial charge in [0.05, 0.1) is 0 Å². The first-order valence-electron chi connectivity index (χ1n) is 7.52. The first-order valence-corrected chi connectivity index (χ1v) is 12.9. The fourth-order valence-corrected chi connectivity index (χ4v) is 5.65. The SMILES string of the molecule is CP(C)CCCCC1(P)CCCC1CCP(C)C. The Morgan fingerprint density at radius 1 is 1.06 bits per heavy atom. The molecule has 0 bridgehead atoms. The smallest absolute Gasteiger partial charge is 0.0122 e. The number of rotatable bonds is 8. The van der Waals surface area contributed by atoms with Crippen molar-refractivity contribution in [2.45, 2.75) is 50.1 Å². The maximum atomic E-state index is 3.28. The molecule has 0 amide bonds. The Kier molecular flexibility index (Phi) is 8.24. The highest BCUT2D eigenvalue weighted by atomic mass is 31.1. The molecule has 1 rings (SSSR count). The molecular formula is C15H33P3. The standard InChI is InChI=1S/C15H33P3/c1-17(2)12-6-5-10-15(16)11-7-8-14(15)9-13-18(3)4/h14H,5-13,16H2,1-4H3. The second-order valence-corrected chi connectivity index (χ2v) is 13.0. The fraction of sp³-hybridized carbons (Fsp3) is 1.00. The summed E-state index contributed by atoms with van der Waals surface area (Å²) in [4.78, 5) is 0. The first-order chi connectivity index (χ1) is 8.44. The van der Waals surface area contributed by atoms with Crippen LogP contribution in [0.3, 0.4) is 0 Å². The summed E-state index contributed by atoms with van der Waals surface area (Å²) in [6, 6.07) is 0. The van der Waals surface area contributed by atoms with E-state index < -0.39 is 0 Å². The van der Waals surface area contributed by atoms with Gasteiger partial charge in [-0.25, -0.2) is 0 Å². The minimum atomic E-state index is 0.311. The molecule has 0 N–H and O–H groups in total. The van der Waals surface area contributed by atoms with Crippen LogP contribution in [0.2, 0.25) is 0 Å². The number of hydrogen-bond acceptors (Lipinski definition) is 0. The molecule has 0 aromatic heterocycles. The van der Waals surface area contributed by atoms with E-state index in [1.165, 1.54) is 57.3 Å². The van der Waals surface area contributed by atoms with Crippen molar-refractivity contribution in [2.24, 2.45) is 5.92 Å². The lowest BCUT2D eigenvalue weighted by Gasteiger charge is -2.32. The molecule has 0 aliphatic heterocycles. The van der Waals surface area contributed by atoms with Gasteiger partial charge in [0.25, 0.3) is 0 Å². The van der Waals surface area contributed by atoms with E-state index in [0.717, 1.165) is 5.92 Å². The molecule has 3 atom stereocenters. The second kappa shape index (κ2) is 8.55. The molecule has 1 aliphatic rings. The lowest BCUT2D eigenvalue weighted by atomic mass is 9.88. The first kappa shape index (κ1) is 17.3. The Bertz CT molecular complexity index is 228. The Morgan fingerprint density at radius 3 is 2.33 bits per heavy atom. The van der Waals surface area contributed by atoms with Gasteiger partial charge in [0, 0.05) is 0 Å². The summed E-state index contributed by atoms with van der Waals surface area (Å²) >= 11 is 0. The molecule has 0 heterocycles. The quantitative estimate of drug-likeness (QED) is 0.413. The zero-order valence-electron chi connectivity index (χ0n) is 12.9. The van der Waals surface area contributed by atoms with Crippen LogP contribution in [0, 0.1) is 5.92 Å². The Hall–Kier alpha value is 1.29. The molecule has 1 fully saturated rings. The van der Waals surface area contributed by atoms with Gasteiger partial charge >= 0.3 is 0 Å². The summed E-state index contributed by atoms with van der Waals surface area (Å²) < 4.78 is 0. The second-order valence-electron chi connectivity index (χ2n) is 6.67. The zero-order valence-corrected chi connectivity index (χ0v) is 15.9. The van der Waals surface area contributed by atoms with Gasteiger partial charge in [-0.05, 0) is 82.2 Å². The summed E-state index contributed by atoms with van der Waals surface area (Å²) in [6.07, 6.45) is 13.3. The molecular weight excluding hydrogens is 273 g/mol. The molecule has 18 heavy (non-hydrogen) atoms. The van der Waals surface area contributed by atoms with E-state index in [-0.39, 0.29) is 0 Å². The summed E-state index contributed by atoms with van der Waals surface area (Å²) in [6.45, 7) is 9.68. The van der Waals surface area contributed by atoms with E-state index in [1.54, 1.807) is 0 Å². The molecule has 0 spiro atoms. The summed E-state index contributed by atoms with van der Waals surface area (Å²) in [5.74, 6) is 1.01. The molecule has 1 aliphatic carbocycles. The van der Waals surface area contributed by atoms with Gasteiger partial charge in [-0.15, -0.1) is 25.1 Å². The van der Waals surface area contributed by atoms with Crippen molar-refractivity contribution in [3.05, 3.63) is 0 Å². The Labute approximate surface area is 120 Å². The Morgan fingerprint density at radius 2 is 1.72 bits per heavy atom. The van der Waals surface area contributed by atoms with Gasteiger partial charge in [0.15, 0.2) is 0 Å². The highest BCUT2D eigenvalue weighted by molar-refractivity contribution is 7.56. The van der Waals surface area contributed by atoms with Crippen molar-refractivity contribution in [1.29, 1.82) is 0 Å². The molecule has 0 radical (unpaired) electrons. The van der Waals surface area contributed by atoms with Crippen LogP contribution < -0.4 is 0 Å². The van der Waals surface area contributed by atoms with Gasteiger partial charge in [-0.3, -0.25) is 0 Å². The monoisotopic (exact) mass is 306 g/mol. The van der Waals surface area contributed by atoms with Crippen LogP contribution in [-0.4, -0.2) is 44.1 Å². The average molecular weight is 306 g/mol. The van der Waals surface area contributed by atoms with Crippen molar-refractivity contribution < 1.29 is 0 Å². The zero-order chi connectivity index (χ0) is 13.6. The number of hydrogen-bond donors (Lipinski definition) is 0. The van der Waals surface area contributed by atoms with E-state index in [0.29, 0.717) is 21.0 Å². The maximum Gasteiger partial charge on any atom is -0.0122 e. The molecule has 1 saturated carbocycles. The van der Waals surface area contributed by atoms with Crippen molar-refractivity contribution in [2.75, 3.05) is 39.0 Å². The molecule has 3 unspecified atom stereocenters. The fourth-order valence-electron chi connectivity index (χ4n) is 3.23. The molecule has 0 saturated heterocycles. The predicted molar refractivity (Wildman–Crippen MR) is 95.5 cm³/mol. The van der Waals surface area contributed by atoms with Crippen molar-refractivity contribution in [3.63, 3.8) is 0 Å². The van der Waals surface area contributed by atoms with Crippen LogP contribution in [0.5, 0.6) is 0 Å². The molecule has 108 valence electrons. The normalized spacial score (nSPS) is 28.5. The maximum absolute atomic E-state index is 3.28. The van der Waals surface area contributed by atoms with Crippen molar-refractivity contribution in [3.8, 4) is 0 Å². The van der Waals surface area contributed by atoms with Crippen LogP contribution in [0.15, 0.2) is 0 Å². The lowest BCUT2D eigenvalue weighted by Crippen LogP contribution is -2.26. The largest absolute Gasteiger partial charge is 0.131 e. The van der Waals surface area contributed by atoms with Gasteiger partial charge in [0.2, 0.25) is 0 Å². The Balaban J connectivity index is 2.30. The highest BCUT2D eigenvalue weighted by Gasteiger charge is 2.37. The van der Waals surface area contributed by atoms with E-state index >= 15 is 0 Å². The third-order valence-electron chi connectivity index (χ3n) is 4.43. The topological polar surface area (TPSA) is 0 Å². The predicted octanol–water partition coefficient (Wildman–Crippen LogP) is 5.44. The van der Waals surface area contributed by atoms with Crippen LogP contribution in [-0.2, 0) is 0 Å². The summed E-state index contributed by atoms with van der Waals surface area (Å²) in [7, 11) is 3.92. The van der Waals surface area contributed by atoms with Crippen LogP contribution in [0.25, 0.3) is 0 Å². The molecule has 0 nitrogen and oxygen atoms in total. The highest BCUT2D eigenvalue weighted by Crippen LogP contribution is 2.49. The van der Waals surface area contributed by atoms with Crippen molar-refractivity contribution >= 4 is 25.1 Å². The van der Waals surface area contributed by atoms with E-state index in [9.17, 15) is 0 Å². The lowest BCUT2D eigenvalue weighted by molar-refractivity contribution is 0.388. The summed E-state index contributed by atoms with van der Waals surface area (Å²) in [5.41, 5.74) is 0. The van der Waals surface area contributed by atoms with Gasteiger partial charge in [0.1, 0.15) is 0 Å². The molecule has 0 aromatic rings. The molecule has 0 aromatic carbocycles. The summed E-state index contributed by atoms with van der Waals surface area (Å²) in [5, 5.41) is 0.621. The van der Waals surface area contributed by atoms with Gasteiger partial charge in [-0.1, -0.05) is 12.8 Å². The van der Waals surface area contributed by atoms with Crippen LogP contribution in [0.1, 0.15) is 44.9 Å². The van der Waals surface area contributed by atoms with Crippen LogP contribution >= 0.6 is 25.1 Å². The third-order valence-corrected chi connectivity index (χ3v) is 7.84. The van der Waals surface area contributed by atoms with Crippen molar-refractivity contribution in [1.82, 2.24) is 0 Å². The minimum absolute atomic E-state index is 0.311. The van der Waals surface area contributed by atoms with E-state index in [4.69, 9.17) is 0 Å². The molecule has 3 heteroatoms. The third kappa shape index (κ3) is 6.16. The average Bonchev–Trinajstić information content (AvgIpc) is 2.63. The van der Waals surface area contributed by atoms with Gasteiger partial charge in [-0.2, -0.15) is 0 Å². The van der Waals surface area contributed by atoms with E-state index in [1.807, 2.05) is 0 Å². The van der Waals surface area contributed by atoms with Crippen LogP contribution in [0.4, 0.5) is 0 Å². The minimum Gasteiger partial charge on any atom is -0.131 e. The van der Waals surface area contributed by atoms with E-state index in [2.05, 4.69) is 35.9 Å². The number of unbranched alkanes of at least 4 members (excludes halogenated alkanes) is 1.